The zero-order valence-corrected chi connectivity index (χ0v) is 12.3. The van der Waals surface area contributed by atoms with E-state index in [-0.39, 0.29) is 12.6 Å². The fourth-order valence-electron chi connectivity index (χ4n) is 2.26. The molecule has 2 unspecified atom stereocenters. The first-order chi connectivity index (χ1) is 10.3. The summed E-state index contributed by atoms with van der Waals surface area (Å²) in [5, 5.41) is 12.0. The van der Waals surface area contributed by atoms with Crippen molar-refractivity contribution in [3.05, 3.63) is 71.8 Å². The zero-order valence-electron chi connectivity index (χ0n) is 12.3. The molecule has 2 aromatic carbocycles. The molecule has 0 aliphatic carbocycles. The Hall–Kier alpha value is -1.68. The SMILES string of the molecule is NC(CCO)c1ccccc1.c1ccc(C2CCN2)cc1. The first kappa shape index (κ1) is 15.7. The van der Waals surface area contributed by atoms with Gasteiger partial charge in [-0.3, -0.25) is 0 Å². The predicted octanol–water partition coefficient (Wildman–Crippen LogP) is 2.79. The molecular formula is C18H24N2O. The maximum Gasteiger partial charge on any atom is 0.0449 e. The zero-order chi connectivity index (χ0) is 14.9. The molecule has 3 heteroatoms. The molecule has 4 N–H and O–H groups in total. The summed E-state index contributed by atoms with van der Waals surface area (Å²) in [6, 6.07) is 21.0. The third-order valence-corrected chi connectivity index (χ3v) is 3.69. The fourth-order valence-corrected chi connectivity index (χ4v) is 2.26. The minimum atomic E-state index is -0.0267. The molecule has 0 saturated carbocycles. The van der Waals surface area contributed by atoms with Crippen molar-refractivity contribution in [2.75, 3.05) is 13.2 Å². The van der Waals surface area contributed by atoms with Crippen LogP contribution in [0.4, 0.5) is 0 Å². The van der Waals surface area contributed by atoms with Gasteiger partial charge in [0, 0.05) is 18.7 Å². The van der Waals surface area contributed by atoms with E-state index in [0.29, 0.717) is 12.5 Å². The van der Waals surface area contributed by atoms with E-state index in [9.17, 15) is 0 Å². The molecule has 0 bridgehead atoms. The lowest BCUT2D eigenvalue weighted by Crippen LogP contribution is -2.34. The fraction of sp³-hybridized carbons (Fsp3) is 0.333. The highest BCUT2D eigenvalue weighted by molar-refractivity contribution is 5.20. The molecule has 3 nitrogen and oxygen atoms in total. The van der Waals surface area contributed by atoms with Gasteiger partial charge in [-0.15, -0.1) is 0 Å². The van der Waals surface area contributed by atoms with Crippen LogP contribution in [0.1, 0.15) is 36.1 Å². The molecule has 1 aliphatic heterocycles. The smallest absolute Gasteiger partial charge is 0.0449 e. The van der Waals surface area contributed by atoms with Crippen LogP contribution < -0.4 is 11.1 Å². The van der Waals surface area contributed by atoms with E-state index in [1.54, 1.807) is 0 Å². The lowest BCUT2D eigenvalue weighted by Gasteiger charge is -2.27. The van der Waals surface area contributed by atoms with Gasteiger partial charge in [-0.2, -0.15) is 0 Å². The molecular weight excluding hydrogens is 260 g/mol. The highest BCUT2D eigenvalue weighted by atomic mass is 16.3. The Morgan fingerprint density at radius 3 is 2.10 bits per heavy atom. The number of nitrogens with one attached hydrogen (secondary N) is 1. The van der Waals surface area contributed by atoms with E-state index >= 15 is 0 Å². The van der Waals surface area contributed by atoms with Crippen LogP contribution in [0.25, 0.3) is 0 Å². The van der Waals surface area contributed by atoms with Crippen molar-refractivity contribution in [2.45, 2.75) is 24.9 Å². The summed E-state index contributed by atoms with van der Waals surface area (Å²) < 4.78 is 0. The normalized spacial score (nSPS) is 18.1. The number of nitrogens with two attached hydrogens (primary N) is 1. The summed E-state index contributed by atoms with van der Waals surface area (Å²) in [7, 11) is 0. The highest BCUT2D eigenvalue weighted by Crippen LogP contribution is 2.21. The van der Waals surface area contributed by atoms with Crippen LogP contribution in [0, 0.1) is 0 Å². The van der Waals surface area contributed by atoms with Crippen molar-refractivity contribution in [3.63, 3.8) is 0 Å². The van der Waals surface area contributed by atoms with Crippen molar-refractivity contribution >= 4 is 0 Å². The Bertz CT molecular complexity index is 497. The number of benzene rings is 2. The lowest BCUT2D eigenvalue weighted by molar-refractivity contribution is 0.276. The average Bonchev–Trinajstić information content (AvgIpc) is 2.48. The van der Waals surface area contributed by atoms with Gasteiger partial charge in [0.25, 0.3) is 0 Å². The molecule has 1 heterocycles. The minimum absolute atomic E-state index is 0.0267. The molecule has 3 rings (SSSR count). The van der Waals surface area contributed by atoms with E-state index in [2.05, 4.69) is 35.6 Å². The van der Waals surface area contributed by atoms with Gasteiger partial charge in [0.1, 0.15) is 0 Å². The Kier molecular flexibility index (Phi) is 6.41. The van der Waals surface area contributed by atoms with E-state index in [1.165, 1.54) is 18.5 Å². The molecule has 2 aromatic rings. The Morgan fingerprint density at radius 2 is 1.62 bits per heavy atom. The topological polar surface area (TPSA) is 58.3 Å². The van der Waals surface area contributed by atoms with Crippen LogP contribution in [0.2, 0.25) is 0 Å². The van der Waals surface area contributed by atoms with Crippen molar-refractivity contribution in [3.8, 4) is 0 Å². The first-order valence-corrected chi connectivity index (χ1v) is 7.51. The summed E-state index contributed by atoms with van der Waals surface area (Å²) >= 11 is 0. The Labute approximate surface area is 126 Å². The van der Waals surface area contributed by atoms with Gasteiger partial charge >= 0.3 is 0 Å². The summed E-state index contributed by atoms with van der Waals surface area (Å²) in [5.74, 6) is 0. The molecule has 112 valence electrons. The lowest BCUT2D eigenvalue weighted by atomic mass is 9.98. The molecule has 0 spiro atoms. The second kappa shape index (κ2) is 8.57. The number of rotatable bonds is 4. The monoisotopic (exact) mass is 284 g/mol. The maximum absolute atomic E-state index is 8.62. The van der Waals surface area contributed by atoms with E-state index in [4.69, 9.17) is 10.8 Å². The van der Waals surface area contributed by atoms with Crippen molar-refractivity contribution in [1.82, 2.24) is 5.32 Å². The van der Waals surface area contributed by atoms with Gasteiger partial charge in [0.15, 0.2) is 0 Å². The summed E-state index contributed by atoms with van der Waals surface area (Å²) in [6.07, 6.45) is 1.92. The minimum Gasteiger partial charge on any atom is -0.396 e. The van der Waals surface area contributed by atoms with E-state index in [0.717, 1.165) is 5.56 Å². The second-order valence-corrected chi connectivity index (χ2v) is 5.24. The van der Waals surface area contributed by atoms with Gasteiger partial charge < -0.3 is 16.2 Å². The first-order valence-electron chi connectivity index (χ1n) is 7.51. The van der Waals surface area contributed by atoms with Gasteiger partial charge in [0.05, 0.1) is 0 Å². The molecule has 0 amide bonds. The maximum atomic E-state index is 8.62. The largest absolute Gasteiger partial charge is 0.396 e. The summed E-state index contributed by atoms with van der Waals surface area (Å²) in [5.41, 5.74) is 8.26. The van der Waals surface area contributed by atoms with Gasteiger partial charge in [0.2, 0.25) is 0 Å². The summed E-state index contributed by atoms with van der Waals surface area (Å²) in [6.45, 7) is 1.33. The number of aliphatic hydroxyl groups excluding tert-OH is 1. The molecule has 1 aliphatic rings. The van der Waals surface area contributed by atoms with Crippen LogP contribution in [-0.2, 0) is 0 Å². The average molecular weight is 284 g/mol. The standard InChI is InChI=1S/C9H13NO.C9H11N/c10-9(6-7-11)8-4-2-1-3-5-8;1-2-4-8(5-3-1)9-6-7-10-9/h1-5,9,11H,6-7,10H2;1-5,9-10H,6-7H2. The van der Waals surface area contributed by atoms with Gasteiger partial charge in [-0.1, -0.05) is 60.7 Å². The second-order valence-electron chi connectivity index (χ2n) is 5.24. The van der Waals surface area contributed by atoms with Gasteiger partial charge in [-0.05, 0) is 30.5 Å². The molecule has 21 heavy (non-hydrogen) atoms. The van der Waals surface area contributed by atoms with E-state index < -0.39 is 0 Å². The number of hydrogen-bond acceptors (Lipinski definition) is 3. The van der Waals surface area contributed by atoms with Crippen molar-refractivity contribution in [1.29, 1.82) is 0 Å². The molecule has 2 atom stereocenters. The van der Waals surface area contributed by atoms with Crippen molar-refractivity contribution in [2.24, 2.45) is 5.73 Å². The quantitative estimate of drug-likeness (QED) is 0.809. The summed E-state index contributed by atoms with van der Waals surface area (Å²) in [4.78, 5) is 0. The third kappa shape index (κ3) is 4.97. The van der Waals surface area contributed by atoms with Crippen LogP contribution in [0.3, 0.4) is 0 Å². The predicted molar refractivity (Wildman–Crippen MR) is 86.9 cm³/mol. The Balaban J connectivity index is 0.000000154. The molecule has 0 aromatic heterocycles. The molecule has 1 saturated heterocycles. The molecule has 1 fully saturated rings. The number of aliphatic hydroxyl groups is 1. The third-order valence-electron chi connectivity index (χ3n) is 3.69. The molecule has 0 radical (unpaired) electrons. The van der Waals surface area contributed by atoms with Crippen LogP contribution in [-0.4, -0.2) is 18.3 Å². The van der Waals surface area contributed by atoms with Crippen LogP contribution in [0.15, 0.2) is 60.7 Å². The number of hydrogen-bond donors (Lipinski definition) is 3. The highest BCUT2D eigenvalue weighted by Gasteiger charge is 2.16. The van der Waals surface area contributed by atoms with Crippen LogP contribution >= 0.6 is 0 Å². The Morgan fingerprint density at radius 1 is 1.05 bits per heavy atom. The van der Waals surface area contributed by atoms with E-state index in [1.807, 2.05) is 30.3 Å². The van der Waals surface area contributed by atoms with Gasteiger partial charge in [-0.25, -0.2) is 0 Å². The van der Waals surface area contributed by atoms with Crippen LogP contribution in [0.5, 0.6) is 0 Å². The van der Waals surface area contributed by atoms with Crippen molar-refractivity contribution < 1.29 is 5.11 Å².